The molecule has 98 valence electrons. The maximum atomic E-state index is 12.5. The van der Waals surface area contributed by atoms with Gasteiger partial charge in [-0.3, -0.25) is 9.59 Å². The van der Waals surface area contributed by atoms with Gasteiger partial charge in [0.05, 0.1) is 11.3 Å². The maximum Gasteiger partial charge on any atom is 0.211 e. The van der Waals surface area contributed by atoms with Gasteiger partial charge in [0.15, 0.2) is 0 Å². The van der Waals surface area contributed by atoms with Crippen molar-refractivity contribution in [1.29, 1.82) is 0 Å². The molecule has 1 aliphatic carbocycles. The molecule has 1 aromatic heterocycles. The van der Waals surface area contributed by atoms with Gasteiger partial charge in [0, 0.05) is 31.9 Å². The molecule has 1 saturated heterocycles. The number of carbonyl (C=O) groups excluding carboxylic acids is 2. The molecule has 0 bridgehead atoms. The minimum atomic E-state index is -0.0714. The van der Waals surface area contributed by atoms with E-state index in [0.717, 1.165) is 24.3 Å². The highest BCUT2D eigenvalue weighted by Crippen LogP contribution is 2.32. The number of hydrogen-bond donors (Lipinski definition) is 0. The SMILES string of the molecule is C/C=C/c1c(C)c2c(n1C)C(=O)C=C(N1CC1)C2=O. The number of carbonyl (C=O) groups is 2. The number of aromatic nitrogens is 1. The van der Waals surface area contributed by atoms with E-state index in [4.69, 9.17) is 0 Å². The summed E-state index contributed by atoms with van der Waals surface area (Å²) in [4.78, 5) is 26.7. The molecule has 3 rings (SSSR count). The summed E-state index contributed by atoms with van der Waals surface area (Å²) >= 11 is 0. The monoisotopic (exact) mass is 256 g/mol. The first kappa shape index (κ1) is 12.0. The first-order valence-corrected chi connectivity index (χ1v) is 6.44. The van der Waals surface area contributed by atoms with E-state index in [1.165, 1.54) is 6.08 Å². The van der Waals surface area contributed by atoms with Crippen molar-refractivity contribution in [2.24, 2.45) is 7.05 Å². The van der Waals surface area contributed by atoms with Gasteiger partial charge in [-0.25, -0.2) is 0 Å². The third-order valence-corrected chi connectivity index (χ3v) is 3.77. The Bertz CT molecular complexity index is 658. The van der Waals surface area contributed by atoms with E-state index < -0.39 is 0 Å². The smallest absolute Gasteiger partial charge is 0.211 e. The molecule has 0 saturated carbocycles. The normalized spacial score (nSPS) is 18.1. The van der Waals surface area contributed by atoms with Gasteiger partial charge in [0.25, 0.3) is 0 Å². The zero-order chi connectivity index (χ0) is 13.7. The van der Waals surface area contributed by atoms with Crippen molar-refractivity contribution in [3.8, 4) is 0 Å². The third kappa shape index (κ3) is 1.59. The Hall–Kier alpha value is -2.10. The Balaban J connectivity index is 2.22. The second-order valence-corrected chi connectivity index (χ2v) is 5.00. The molecular formula is C15H16N2O2. The minimum Gasteiger partial charge on any atom is -0.365 e. The van der Waals surface area contributed by atoms with E-state index in [0.29, 0.717) is 17.0 Å². The van der Waals surface area contributed by atoms with E-state index in [2.05, 4.69) is 0 Å². The van der Waals surface area contributed by atoms with Gasteiger partial charge >= 0.3 is 0 Å². The van der Waals surface area contributed by atoms with Gasteiger partial charge in [0.1, 0.15) is 5.69 Å². The Morgan fingerprint density at radius 1 is 1.26 bits per heavy atom. The van der Waals surface area contributed by atoms with E-state index in [-0.39, 0.29) is 11.6 Å². The number of allylic oxidation sites excluding steroid dienone is 3. The minimum absolute atomic E-state index is 0.0176. The Kier molecular flexibility index (Phi) is 2.49. The molecule has 4 nitrogen and oxygen atoms in total. The van der Waals surface area contributed by atoms with Gasteiger partial charge in [-0.2, -0.15) is 0 Å². The molecule has 0 spiro atoms. The fourth-order valence-electron chi connectivity index (χ4n) is 2.72. The van der Waals surface area contributed by atoms with Gasteiger partial charge in [0.2, 0.25) is 11.6 Å². The van der Waals surface area contributed by atoms with Crippen molar-refractivity contribution < 1.29 is 9.59 Å². The van der Waals surface area contributed by atoms with Crippen LogP contribution in [0.3, 0.4) is 0 Å². The fraction of sp³-hybridized carbons (Fsp3) is 0.333. The highest BCUT2D eigenvalue weighted by Gasteiger charge is 2.37. The standard InChI is InChI=1S/C15H16N2O2/c1-4-5-10-9(2)13-14(16(10)3)12(18)8-11(15(13)19)17-6-7-17/h4-5,8H,6-7H2,1-3H3/b5-4+. The molecule has 19 heavy (non-hydrogen) atoms. The lowest BCUT2D eigenvalue weighted by Gasteiger charge is -2.14. The van der Waals surface area contributed by atoms with E-state index in [1.807, 2.05) is 42.5 Å². The van der Waals surface area contributed by atoms with Crippen LogP contribution in [0.15, 0.2) is 17.8 Å². The Morgan fingerprint density at radius 3 is 2.53 bits per heavy atom. The van der Waals surface area contributed by atoms with Crippen molar-refractivity contribution in [3.05, 3.63) is 40.4 Å². The van der Waals surface area contributed by atoms with E-state index in [9.17, 15) is 9.59 Å². The van der Waals surface area contributed by atoms with Crippen LogP contribution in [-0.2, 0) is 7.05 Å². The van der Waals surface area contributed by atoms with Crippen molar-refractivity contribution >= 4 is 17.6 Å². The molecule has 0 unspecified atom stereocenters. The Morgan fingerprint density at radius 2 is 1.95 bits per heavy atom. The van der Waals surface area contributed by atoms with Crippen molar-refractivity contribution in [1.82, 2.24) is 9.47 Å². The van der Waals surface area contributed by atoms with Gasteiger partial charge < -0.3 is 9.47 Å². The van der Waals surface area contributed by atoms with Crippen LogP contribution >= 0.6 is 0 Å². The number of ketones is 2. The first-order chi connectivity index (χ1) is 9.06. The van der Waals surface area contributed by atoms with Crippen LogP contribution in [0.25, 0.3) is 6.08 Å². The largest absolute Gasteiger partial charge is 0.365 e. The third-order valence-electron chi connectivity index (χ3n) is 3.77. The predicted octanol–water partition coefficient (Wildman–Crippen LogP) is 1.95. The second kappa shape index (κ2) is 3.95. The molecule has 0 aromatic carbocycles. The quantitative estimate of drug-likeness (QED) is 0.759. The summed E-state index contributed by atoms with van der Waals surface area (Å²) in [6, 6.07) is 0. The van der Waals surface area contributed by atoms with E-state index >= 15 is 0 Å². The number of nitrogens with zero attached hydrogens (tertiary/aromatic N) is 2. The highest BCUT2D eigenvalue weighted by molar-refractivity contribution is 6.25. The summed E-state index contributed by atoms with van der Waals surface area (Å²) in [5, 5.41) is 0. The van der Waals surface area contributed by atoms with Crippen molar-refractivity contribution in [2.45, 2.75) is 13.8 Å². The van der Waals surface area contributed by atoms with Crippen LogP contribution in [-0.4, -0.2) is 34.1 Å². The zero-order valence-corrected chi connectivity index (χ0v) is 11.4. The van der Waals surface area contributed by atoms with Crippen LogP contribution in [0.1, 0.15) is 39.0 Å². The molecule has 0 amide bonds. The average molecular weight is 256 g/mol. The van der Waals surface area contributed by atoms with Gasteiger partial charge in [-0.15, -0.1) is 0 Å². The molecule has 1 aromatic rings. The van der Waals surface area contributed by atoms with Crippen molar-refractivity contribution in [3.63, 3.8) is 0 Å². The zero-order valence-electron chi connectivity index (χ0n) is 11.4. The predicted molar refractivity (Wildman–Crippen MR) is 73.2 cm³/mol. The average Bonchev–Trinajstić information content (AvgIpc) is 3.17. The summed E-state index contributed by atoms with van der Waals surface area (Å²) < 4.78 is 1.82. The molecule has 2 heterocycles. The fourth-order valence-corrected chi connectivity index (χ4v) is 2.72. The number of hydrogen-bond acceptors (Lipinski definition) is 3. The molecule has 4 heteroatoms. The number of fused-ring (bicyclic) bond motifs is 1. The lowest BCUT2D eigenvalue weighted by Crippen LogP contribution is -2.22. The molecule has 2 aliphatic rings. The first-order valence-electron chi connectivity index (χ1n) is 6.44. The molecule has 1 aliphatic heterocycles. The van der Waals surface area contributed by atoms with Crippen molar-refractivity contribution in [2.75, 3.05) is 13.1 Å². The second-order valence-electron chi connectivity index (χ2n) is 5.00. The highest BCUT2D eigenvalue weighted by atomic mass is 16.1. The lowest BCUT2D eigenvalue weighted by molar-refractivity contribution is 0.0966. The summed E-state index contributed by atoms with van der Waals surface area (Å²) in [6.45, 7) is 5.57. The Labute approximate surface area is 112 Å². The summed E-state index contributed by atoms with van der Waals surface area (Å²) in [5.41, 5.74) is 3.46. The van der Waals surface area contributed by atoms with Crippen LogP contribution < -0.4 is 0 Å². The van der Waals surface area contributed by atoms with Crippen LogP contribution in [0, 0.1) is 6.92 Å². The summed E-state index contributed by atoms with van der Waals surface area (Å²) in [5.74, 6) is -0.0891. The van der Waals surface area contributed by atoms with E-state index in [1.54, 1.807) is 0 Å². The molecule has 0 radical (unpaired) electrons. The summed E-state index contributed by atoms with van der Waals surface area (Å²) in [6.07, 6.45) is 5.34. The lowest BCUT2D eigenvalue weighted by atomic mass is 9.95. The molecule has 0 atom stereocenters. The summed E-state index contributed by atoms with van der Waals surface area (Å²) in [7, 11) is 1.84. The molecule has 1 fully saturated rings. The van der Waals surface area contributed by atoms with Gasteiger partial charge in [-0.1, -0.05) is 6.08 Å². The van der Waals surface area contributed by atoms with Crippen LogP contribution in [0.5, 0.6) is 0 Å². The molecule has 0 N–H and O–H groups in total. The topological polar surface area (TPSA) is 42.1 Å². The maximum absolute atomic E-state index is 12.5. The van der Waals surface area contributed by atoms with Crippen LogP contribution in [0.2, 0.25) is 0 Å². The molecular weight excluding hydrogens is 240 g/mol. The van der Waals surface area contributed by atoms with Gasteiger partial charge in [-0.05, 0) is 25.5 Å². The number of Topliss-reactive ketones (excluding diaryl/α,β-unsaturated/α-hetero) is 1. The number of rotatable bonds is 2. The van der Waals surface area contributed by atoms with Crippen LogP contribution in [0.4, 0.5) is 0 Å².